The third-order valence-corrected chi connectivity index (χ3v) is 3.03. The fourth-order valence-electron chi connectivity index (χ4n) is 2.06. The van der Waals surface area contributed by atoms with Crippen LogP contribution in [-0.2, 0) is 27.3 Å². The van der Waals surface area contributed by atoms with Crippen LogP contribution in [0, 0.1) is 0 Å². The summed E-state index contributed by atoms with van der Waals surface area (Å²) in [5.74, 6) is -0.827. The van der Waals surface area contributed by atoms with Crippen molar-refractivity contribution in [1.82, 2.24) is 5.32 Å². The van der Waals surface area contributed by atoms with E-state index in [0.717, 1.165) is 24.2 Å². The number of nitrogens with one attached hydrogen (secondary N) is 1. The first-order valence-electron chi connectivity index (χ1n) is 6.44. The first-order chi connectivity index (χ1) is 9.25. The van der Waals surface area contributed by atoms with Crippen molar-refractivity contribution in [3.8, 4) is 0 Å². The Hall–Kier alpha value is -1.43. The molecule has 0 aromatic heterocycles. The number of rotatable bonds is 6. The van der Waals surface area contributed by atoms with Gasteiger partial charge in [-0.2, -0.15) is 0 Å². The number of hydrogen-bond donors (Lipinski definition) is 2. The minimum absolute atomic E-state index is 0.0288. The molecule has 1 aliphatic rings. The Morgan fingerprint density at radius 2 is 2.21 bits per heavy atom. The minimum Gasteiger partial charge on any atom is -0.481 e. The van der Waals surface area contributed by atoms with Crippen LogP contribution in [0.4, 0.5) is 0 Å². The lowest BCUT2D eigenvalue weighted by Gasteiger charge is -2.23. The lowest BCUT2D eigenvalue weighted by Crippen LogP contribution is -2.40. The highest BCUT2D eigenvalue weighted by atomic mass is 16.5. The van der Waals surface area contributed by atoms with E-state index in [-0.39, 0.29) is 12.5 Å². The normalized spacial score (nSPS) is 19.3. The Morgan fingerprint density at radius 1 is 1.42 bits per heavy atom. The van der Waals surface area contributed by atoms with Crippen LogP contribution in [0.3, 0.4) is 0 Å². The number of hydrogen-bond acceptors (Lipinski definition) is 4. The Kier molecular flexibility index (Phi) is 5.32. The van der Waals surface area contributed by atoms with Gasteiger partial charge in [0, 0.05) is 13.1 Å². The van der Waals surface area contributed by atoms with Crippen molar-refractivity contribution in [2.45, 2.75) is 19.1 Å². The van der Waals surface area contributed by atoms with Crippen LogP contribution in [0.2, 0.25) is 0 Å². The quantitative estimate of drug-likeness (QED) is 0.797. The van der Waals surface area contributed by atoms with Gasteiger partial charge in [-0.3, -0.25) is 4.79 Å². The average Bonchev–Trinajstić information content (AvgIpc) is 2.41. The van der Waals surface area contributed by atoms with Crippen molar-refractivity contribution in [1.29, 1.82) is 0 Å². The maximum Gasteiger partial charge on any atom is 0.307 e. The number of morpholine rings is 1. The molecule has 1 saturated heterocycles. The van der Waals surface area contributed by atoms with Crippen LogP contribution < -0.4 is 5.32 Å². The van der Waals surface area contributed by atoms with Gasteiger partial charge in [0.15, 0.2) is 0 Å². The predicted molar refractivity (Wildman–Crippen MR) is 70.0 cm³/mol. The molecule has 1 unspecified atom stereocenters. The first-order valence-corrected chi connectivity index (χ1v) is 6.44. The maximum atomic E-state index is 10.8. The zero-order valence-electron chi connectivity index (χ0n) is 10.8. The van der Waals surface area contributed by atoms with E-state index in [4.69, 9.17) is 14.6 Å². The highest BCUT2D eigenvalue weighted by Gasteiger charge is 2.13. The monoisotopic (exact) mass is 265 g/mol. The summed E-state index contributed by atoms with van der Waals surface area (Å²) in [6.45, 7) is 3.34. The highest BCUT2D eigenvalue weighted by molar-refractivity contribution is 5.70. The molecule has 104 valence electrons. The summed E-state index contributed by atoms with van der Waals surface area (Å²) in [5.41, 5.74) is 1.73. The fraction of sp³-hybridized carbons (Fsp3) is 0.500. The first kappa shape index (κ1) is 14.0. The van der Waals surface area contributed by atoms with E-state index < -0.39 is 5.97 Å². The summed E-state index contributed by atoms with van der Waals surface area (Å²) in [6, 6.07) is 7.46. The zero-order chi connectivity index (χ0) is 13.5. The molecular weight excluding hydrogens is 246 g/mol. The van der Waals surface area contributed by atoms with E-state index >= 15 is 0 Å². The van der Waals surface area contributed by atoms with Gasteiger partial charge in [0.25, 0.3) is 0 Å². The largest absolute Gasteiger partial charge is 0.481 e. The van der Waals surface area contributed by atoms with Crippen molar-refractivity contribution in [2.24, 2.45) is 0 Å². The number of carbonyl (C=O) groups is 1. The average molecular weight is 265 g/mol. The van der Waals surface area contributed by atoms with Crippen LogP contribution in [0.25, 0.3) is 0 Å². The predicted octanol–water partition coefficient (Wildman–Crippen LogP) is 0.819. The topological polar surface area (TPSA) is 67.8 Å². The van der Waals surface area contributed by atoms with Gasteiger partial charge in [0.05, 0.1) is 32.3 Å². The molecule has 1 heterocycles. The van der Waals surface area contributed by atoms with Crippen molar-refractivity contribution in [2.75, 3.05) is 26.3 Å². The van der Waals surface area contributed by atoms with Gasteiger partial charge in [-0.25, -0.2) is 0 Å². The van der Waals surface area contributed by atoms with E-state index in [1.165, 1.54) is 0 Å². The van der Waals surface area contributed by atoms with Crippen molar-refractivity contribution in [3.63, 3.8) is 0 Å². The van der Waals surface area contributed by atoms with Crippen LogP contribution >= 0.6 is 0 Å². The van der Waals surface area contributed by atoms with E-state index in [9.17, 15) is 4.79 Å². The van der Waals surface area contributed by atoms with Crippen LogP contribution in [-0.4, -0.2) is 43.5 Å². The van der Waals surface area contributed by atoms with Gasteiger partial charge in [-0.1, -0.05) is 24.3 Å². The summed E-state index contributed by atoms with van der Waals surface area (Å²) >= 11 is 0. The second-order valence-electron chi connectivity index (χ2n) is 4.55. The molecule has 1 atom stereocenters. The standard InChI is InChI=1S/C14H19NO4/c16-14(17)7-11-3-1-2-4-12(11)9-18-10-13-8-15-5-6-19-13/h1-4,13,15H,5-10H2,(H,16,17). The Morgan fingerprint density at radius 3 is 2.89 bits per heavy atom. The van der Waals surface area contributed by atoms with E-state index in [1.807, 2.05) is 24.3 Å². The molecule has 0 radical (unpaired) electrons. The lowest BCUT2D eigenvalue weighted by molar-refractivity contribution is -0.136. The SMILES string of the molecule is O=C(O)Cc1ccccc1COCC1CNCCO1. The summed E-state index contributed by atoms with van der Waals surface area (Å²) < 4.78 is 11.2. The third-order valence-electron chi connectivity index (χ3n) is 3.03. The van der Waals surface area contributed by atoms with Gasteiger partial charge >= 0.3 is 5.97 Å². The summed E-state index contributed by atoms with van der Waals surface area (Å²) in [6.07, 6.45) is 0.112. The molecule has 1 aromatic rings. The molecule has 1 aliphatic heterocycles. The molecular formula is C14H19NO4. The Labute approximate surface area is 112 Å². The molecule has 1 aromatic carbocycles. The van der Waals surface area contributed by atoms with Crippen molar-refractivity contribution in [3.05, 3.63) is 35.4 Å². The molecule has 0 amide bonds. The Bertz CT molecular complexity index is 416. The fourth-order valence-corrected chi connectivity index (χ4v) is 2.06. The van der Waals surface area contributed by atoms with Gasteiger partial charge in [0.1, 0.15) is 0 Å². The zero-order valence-corrected chi connectivity index (χ0v) is 10.8. The van der Waals surface area contributed by atoms with E-state index in [0.29, 0.717) is 19.8 Å². The van der Waals surface area contributed by atoms with Gasteiger partial charge < -0.3 is 19.9 Å². The molecule has 19 heavy (non-hydrogen) atoms. The van der Waals surface area contributed by atoms with Gasteiger partial charge in [-0.15, -0.1) is 0 Å². The van der Waals surface area contributed by atoms with Crippen LogP contribution in [0.5, 0.6) is 0 Å². The number of benzene rings is 1. The van der Waals surface area contributed by atoms with Gasteiger partial charge in [-0.05, 0) is 11.1 Å². The molecule has 0 saturated carbocycles. The summed E-state index contributed by atoms with van der Waals surface area (Å²) in [4.78, 5) is 10.8. The molecule has 2 rings (SSSR count). The van der Waals surface area contributed by atoms with E-state index in [1.54, 1.807) is 0 Å². The van der Waals surface area contributed by atoms with Gasteiger partial charge in [0.2, 0.25) is 0 Å². The minimum atomic E-state index is -0.827. The molecule has 0 bridgehead atoms. The second kappa shape index (κ2) is 7.23. The molecule has 0 aliphatic carbocycles. The summed E-state index contributed by atoms with van der Waals surface area (Å²) in [5, 5.41) is 12.1. The second-order valence-corrected chi connectivity index (χ2v) is 4.55. The maximum absolute atomic E-state index is 10.8. The number of carboxylic acids is 1. The smallest absolute Gasteiger partial charge is 0.307 e. The number of aliphatic carboxylic acids is 1. The molecule has 0 spiro atoms. The molecule has 2 N–H and O–H groups in total. The molecule has 5 heteroatoms. The number of ether oxygens (including phenoxy) is 2. The highest BCUT2D eigenvalue weighted by Crippen LogP contribution is 2.11. The number of carboxylic acid groups (broad SMARTS) is 1. The van der Waals surface area contributed by atoms with Crippen LogP contribution in [0.15, 0.2) is 24.3 Å². The summed E-state index contributed by atoms with van der Waals surface area (Å²) in [7, 11) is 0. The molecule has 5 nitrogen and oxygen atoms in total. The molecule has 1 fully saturated rings. The van der Waals surface area contributed by atoms with Crippen molar-refractivity contribution < 1.29 is 19.4 Å². The third kappa shape index (κ3) is 4.63. The van der Waals surface area contributed by atoms with E-state index in [2.05, 4.69) is 5.32 Å². The van der Waals surface area contributed by atoms with Crippen LogP contribution in [0.1, 0.15) is 11.1 Å². The Balaban J connectivity index is 1.83. The van der Waals surface area contributed by atoms with Crippen molar-refractivity contribution >= 4 is 5.97 Å². The lowest BCUT2D eigenvalue weighted by atomic mass is 10.1.